The smallest absolute Gasteiger partial charge is 0.0737 e. The van der Waals surface area contributed by atoms with Crippen molar-refractivity contribution in [1.29, 1.82) is 0 Å². The van der Waals surface area contributed by atoms with Crippen LogP contribution in [0.3, 0.4) is 0 Å². The van der Waals surface area contributed by atoms with E-state index in [4.69, 9.17) is 9.97 Å². The summed E-state index contributed by atoms with van der Waals surface area (Å²) >= 11 is 0. The van der Waals surface area contributed by atoms with E-state index in [9.17, 15) is 0 Å². The third-order valence-corrected chi connectivity index (χ3v) is 11.2. The Morgan fingerprint density at radius 2 is 0.867 bits per heavy atom. The van der Waals surface area contributed by atoms with E-state index in [1.54, 1.807) is 0 Å². The maximum absolute atomic E-state index is 5.51. The zero-order chi connectivity index (χ0) is 40.3. The number of H-pyrrole nitrogens is 2. The van der Waals surface area contributed by atoms with Crippen molar-refractivity contribution in [3.63, 3.8) is 0 Å². The van der Waals surface area contributed by atoms with Crippen LogP contribution in [-0.4, -0.2) is 19.9 Å². The molecule has 286 valence electrons. The van der Waals surface area contributed by atoms with Crippen molar-refractivity contribution in [2.45, 2.75) is 12.8 Å². The molecule has 2 aliphatic rings. The predicted octanol–water partition coefficient (Wildman–Crippen LogP) is 14.6. The average Bonchev–Trinajstić information content (AvgIpc) is 4.15. The minimum Gasteiger partial charge on any atom is -0.354 e. The maximum Gasteiger partial charge on any atom is 0.0737 e. The number of allylic oxidation sites excluding steroid dienone is 1. The first-order valence-electron chi connectivity index (χ1n) is 20.5. The van der Waals surface area contributed by atoms with Crippen LogP contribution in [0.15, 0.2) is 176 Å². The van der Waals surface area contributed by atoms with Gasteiger partial charge in [0.2, 0.25) is 0 Å². The molecular weight excluding hydrogens is 729 g/mol. The molecule has 10 rings (SSSR count). The minimum absolute atomic E-state index is 0.879. The van der Waals surface area contributed by atoms with E-state index in [0.717, 1.165) is 113 Å². The molecule has 0 saturated carbocycles. The number of hydrogen-bond donors (Lipinski definition) is 2. The molecular formula is C56H42N4. The Morgan fingerprint density at radius 1 is 0.433 bits per heavy atom. The number of aromatic nitrogens is 4. The van der Waals surface area contributed by atoms with Gasteiger partial charge in [-0.1, -0.05) is 164 Å². The summed E-state index contributed by atoms with van der Waals surface area (Å²) < 4.78 is 0. The summed E-state index contributed by atoms with van der Waals surface area (Å²) in [6.07, 6.45) is 17.0. The molecule has 2 N–H and O–H groups in total. The number of rotatable bonds is 9. The molecule has 0 radical (unpaired) electrons. The second kappa shape index (κ2) is 16.2. The Hall–Kier alpha value is -7.82. The number of nitrogens with zero attached hydrogens (tertiary/aromatic N) is 2. The molecule has 60 heavy (non-hydrogen) atoms. The lowest BCUT2D eigenvalue weighted by Gasteiger charge is -2.07. The van der Waals surface area contributed by atoms with Gasteiger partial charge in [-0.3, -0.25) is 0 Å². The van der Waals surface area contributed by atoms with Crippen LogP contribution in [0.4, 0.5) is 0 Å². The molecule has 0 aliphatic carbocycles. The molecule has 2 aliphatic heterocycles. The van der Waals surface area contributed by atoms with Gasteiger partial charge >= 0.3 is 0 Å². The molecule has 0 spiro atoms. The SMILES string of the molecule is C=CCCc1ccc(/C=C\c2cc3[nH]c2c(-c2ccccc2)c2nc(c(-c4ccccc4)c4ccc([nH]4)c(-c4ccccc4)c4nc(c3-c3ccccc3)C=C4)C=C2)cc1. The number of aryl methyl sites for hydroxylation is 1. The van der Waals surface area contributed by atoms with Crippen LogP contribution in [-0.2, 0) is 6.42 Å². The van der Waals surface area contributed by atoms with Gasteiger partial charge in [0.25, 0.3) is 0 Å². The van der Waals surface area contributed by atoms with Gasteiger partial charge in [0.1, 0.15) is 0 Å². The van der Waals surface area contributed by atoms with E-state index in [1.807, 2.05) is 6.08 Å². The summed E-state index contributed by atoms with van der Waals surface area (Å²) in [6, 6.07) is 57.7. The van der Waals surface area contributed by atoms with Crippen LogP contribution >= 0.6 is 0 Å². The highest BCUT2D eigenvalue weighted by atomic mass is 14.8. The summed E-state index contributed by atoms with van der Waals surface area (Å²) in [7, 11) is 0. The highest BCUT2D eigenvalue weighted by molar-refractivity contribution is 6.02. The van der Waals surface area contributed by atoms with E-state index in [1.165, 1.54) is 5.56 Å². The van der Waals surface area contributed by atoms with Crippen LogP contribution in [0.1, 0.15) is 45.9 Å². The van der Waals surface area contributed by atoms with E-state index in [-0.39, 0.29) is 0 Å². The highest BCUT2D eigenvalue weighted by Crippen LogP contribution is 2.39. The second-order valence-electron chi connectivity index (χ2n) is 15.1. The molecule has 4 nitrogen and oxygen atoms in total. The molecule has 0 unspecified atom stereocenters. The Balaban J connectivity index is 1.35. The normalized spacial score (nSPS) is 12.0. The number of aromatic amines is 2. The average molecular weight is 771 g/mol. The Morgan fingerprint density at radius 3 is 1.33 bits per heavy atom. The van der Waals surface area contributed by atoms with Gasteiger partial charge in [0.05, 0.1) is 28.3 Å². The van der Waals surface area contributed by atoms with E-state index >= 15 is 0 Å². The third-order valence-electron chi connectivity index (χ3n) is 11.2. The van der Waals surface area contributed by atoms with Crippen LogP contribution in [0, 0.1) is 0 Å². The van der Waals surface area contributed by atoms with E-state index in [0.29, 0.717) is 0 Å². The van der Waals surface area contributed by atoms with Crippen molar-refractivity contribution < 1.29 is 0 Å². The molecule has 8 bridgehead atoms. The first kappa shape index (κ1) is 36.5. The largest absolute Gasteiger partial charge is 0.354 e. The van der Waals surface area contributed by atoms with Gasteiger partial charge in [-0.2, -0.15) is 0 Å². The molecule has 8 aromatic rings. The van der Waals surface area contributed by atoms with Crippen molar-refractivity contribution in [2.24, 2.45) is 0 Å². The number of fused-ring (bicyclic) bond motifs is 8. The Kier molecular flexibility index (Phi) is 9.86. The number of nitrogens with one attached hydrogen (secondary N) is 2. The van der Waals surface area contributed by atoms with Crippen molar-refractivity contribution in [1.82, 2.24) is 19.9 Å². The standard InChI is InChI=1S/C56H42N4/c1-2-3-16-38-25-27-39(28-26-38)29-30-44-37-51-54(42-21-12-6-13-22-42)49-34-33-47(58-49)52(40-17-8-4-9-18-40)45-31-32-46(57-45)53(41-19-10-5-11-20-41)48-35-36-50(59-48)55(56(44)60-51)43-23-14-7-15-24-43/h2,4-15,17-37,57,60H,1,3,16H2/b30-29-,52-45?,52-47?,53-46?,53-48?,54-49?,54-51?,55-50?,56-55?. The summed E-state index contributed by atoms with van der Waals surface area (Å²) in [5.41, 5.74) is 19.3. The molecule has 0 fully saturated rings. The summed E-state index contributed by atoms with van der Waals surface area (Å²) in [6.45, 7) is 3.90. The lowest BCUT2D eigenvalue weighted by atomic mass is 10.0. The fourth-order valence-electron chi connectivity index (χ4n) is 8.33. The molecule has 0 atom stereocenters. The van der Waals surface area contributed by atoms with Gasteiger partial charge in [-0.25, -0.2) is 9.97 Å². The van der Waals surface area contributed by atoms with Crippen LogP contribution in [0.5, 0.6) is 0 Å². The predicted molar refractivity (Wildman–Crippen MR) is 254 cm³/mol. The summed E-state index contributed by atoms with van der Waals surface area (Å²) in [5.74, 6) is 0. The highest BCUT2D eigenvalue weighted by Gasteiger charge is 2.20. The third kappa shape index (κ3) is 7.16. The molecule has 3 aromatic heterocycles. The lowest BCUT2D eigenvalue weighted by Crippen LogP contribution is -1.89. The van der Waals surface area contributed by atoms with E-state index in [2.05, 4.69) is 217 Å². The van der Waals surface area contributed by atoms with Gasteiger partial charge in [0, 0.05) is 44.4 Å². The van der Waals surface area contributed by atoms with Crippen molar-refractivity contribution in [2.75, 3.05) is 0 Å². The monoisotopic (exact) mass is 770 g/mol. The van der Waals surface area contributed by atoms with Gasteiger partial charge in [0.15, 0.2) is 0 Å². The second-order valence-corrected chi connectivity index (χ2v) is 15.1. The van der Waals surface area contributed by atoms with Gasteiger partial charge in [-0.05, 0) is 88.7 Å². The fraction of sp³-hybridized carbons (Fsp3) is 0.0357. The molecule has 5 heterocycles. The molecule has 4 heteroatoms. The van der Waals surface area contributed by atoms with Gasteiger partial charge in [-0.15, -0.1) is 6.58 Å². The van der Waals surface area contributed by atoms with Crippen molar-refractivity contribution >= 4 is 58.5 Å². The van der Waals surface area contributed by atoms with E-state index < -0.39 is 0 Å². The Labute approximate surface area is 350 Å². The maximum atomic E-state index is 5.51. The topological polar surface area (TPSA) is 57.4 Å². The van der Waals surface area contributed by atoms with Crippen molar-refractivity contribution in [3.8, 4) is 44.5 Å². The zero-order valence-corrected chi connectivity index (χ0v) is 33.1. The van der Waals surface area contributed by atoms with Gasteiger partial charge < -0.3 is 9.97 Å². The number of benzene rings is 5. The first-order valence-corrected chi connectivity index (χ1v) is 20.5. The fourth-order valence-corrected chi connectivity index (χ4v) is 8.33. The molecule has 0 saturated heterocycles. The summed E-state index contributed by atoms with van der Waals surface area (Å²) in [5, 5.41) is 0. The zero-order valence-electron chi connectivity index (χ0n) is 33.1. The lowest BCUT2D eigenvalue weighted by molar-refractivity contribution is 1.00. The van der Waals surface area contributed by atoms with Crippen LogP contribution in [0.2, 0.25) is 0 Å². The minimum atomic E-state index is 0.879. The molecule has 5 aromatic carbocycles. The van der Waals surface area contributed by atoms with Crippen LogP contribution < -0.4 is 0 Å². The van der Waals surface area contributed by atoms with Crippen LogP contribution in [0.25, 0.3) is 103 Å². The quantitative estimate of drug-likeness (QED) is 0.144. The van der Waals surface area contributed by atoms with Crippen molar-refractivity contribution in [3.05, 3.63) is 216 Å². The Bertz CT molecular complexity index is 3110. The molecule has 0 amide bonds. The number of hydrogen-bond acceptors (Lipinski definition) is 2. The summed E-state index contributed by atoms with van der Waals surface area (Å²) in [4.78, 5) is 18.8. The first-order chi connectivity index (χ1) is 29.7.